The first-order valence-corrected chi connectivity index (χ1v) is 12.9. The molecule has 2 amide bonds. The molecule has 0 spiro atoms. The van der Waals surface area contributed by atoms with E-state index in [2.05, 4.69) is 11.4 Å². The summed E-state index contributed by atoms with van der Waals surface area (Å²) in [5.41, 5.74) is 2.20. The van der Waals surface area contributed by atoms with Crippen molar-refractivity contribution in [2.24, 2.45) is 0 Å². The predicted octanol–water partition coefficient (Wildman–Crippen LogP) is 6.00. The summed E-state index contributed by atoms with van der Waals surface area (Å²) in [7, 11) is 0. The molecule has 0 aliphatic heterocycles. The molecule has 0 bridgehead atoms. The molecule has 32 heavy (non-hydrogen) atoms. The standard InChI is InChI=1S/C26H33ClN2O2S/c1-3-24(26(31)28-22-9-4-5-10-22)29(18-20-8-6-7-19(2)17-20)25(30)15-16-32-23-13-11-21(27)12-14-23/h6-8,11-14,17,22,24H,3-5,9-10,15-16,18H2,1-2H3,(H,28,31)/t24-/m1/s1. The molecular formula is C26H33ClN2O2S. The fourth-order valence-electron chi connectivity index (χ4n) is 4.22. The number of rotatable bonds is 10. The van der Waals surface area contributed by atoms with Crippen molar-refractivity contribution in [1.29, 1.82) is 0 Å². The van der Waals surface area contributed by atoms with Gasteiger partial charge < -0.3 is 10.2 Å². The minimum absolute atomic E-state index is 0.0152. The van der Waals surface area contributed by atoms with Crippen molar-refractivity contribution < 1.29 is 9.59 Å². The predicted molar refractivity (Wildman–Crippen MR) is 133 cm³/mol. The van der Waals surface area contributed by atoms with Crippen LogP contribution in [0.4, 0.5) is 0 Å². The number of carbonyl (C=O) groups excluding carboxylic acids is 2. The van der Waals surface area contributed by atoms with Gasteiger partial charge in [-0.2, -0.15) is 0 Å². The van der Waals surface area contributed by atoms with Crippen LogP contribution < -0.4 is 5.32 Å². The molecule has 2 aromatic rings. The van der Waals surface area contributed by atoms with E-state index in [4.69, 9.17) is 11.6 Å². The lowest BCUT2D eigenvalue weighted by Gasteiger charge is -2.31. The van der Waals surface area contributed by atoms with Crippen molar-refractivity contribution in [3.8, 4) is 0 Å². The van der Waals surface area contributed by atoms with Crippen molar-refractivity contribution in [1.82, 2.24) is 10.2 Å². The van der Waals surface area contributed by atoms with E-state index in [1.54, 1.807) is 16.7 Å². The quantitative estimate of drug-likeness (QED) is 0.431. The van der Waals surface area contributed by atoms with Crippen molar-refractivity contribution >= 4 is 35.2 Å². The highest BCUT2D eigenvalue weighted by Crippen LogP contribution is 2.23. The lowest BCUT2D eigenvalue weighted by Crippen LogP contribution is -2.51. The third-order valence-corrected chi connectivity index (χ3v) is 7.19. The van der Waals surface area contributed by atoms with Gasteiger partial charge in [-0.05, 0) is 56.0 Å². The zero-order valence-electron chi connectivity index (χ0n) is 19.0. The summed E-state index contributed by atoms with van der Waals surface area (Å²) in [6, 6.07) is 15.6. The van der Waals surface area contributed by atoms with Crippen molar-refractivity contribution in [2.45, 2.75) is 75.9 Å². The molecule has 6 heteroatoms. The maximum Gasteiger partial charge on any atom is 0.243 e. The SMILES string of the molecule is CC[C@H](C(=O)NC1CCCC1)N(Cc1cccc(C)c1)C(=O)CCSc1ccc(Cl)cc1. The number of amides is 2. The van der Waals surface area contributed by atoms with Gasteiger partial charge in [-0.15, -0.1) is 11.8 Å². The monoisotopic (exact) mass is 472 g/mol. The molecule has 4 nitrogen and oxygen atoms in total. The topological polar surface area (TPSA) is 49.4 Å². The van der Waals surface area contributed by atoms with Crippen molar-refractivity contribution in [3.05, 3.63) is 64.7 Å². The zero-order valence-corrected chi connectivity index (χ0v) is 20.6. The minimum Gasteiger partial charge on any atom is -0.352 e. The molecule has 0 radical (unpaired) electrons. The van der Waals surface area contributed by atoms with Crippen LogP contribution in [-0.2, 0) is 16.1 Å². The Balaban J connectivity index is 1.69. The number of nitrogens with zero attached hydrogens (tertiary/aromatic N) is 1. The van der Waals surface area contributed by atoms with Gasteiger partial charge in [0.05, 0.1) is 0 Å². The van der Waals surface area contributed by atoms with E-state index in [0.29, 0.717) is 30.2 Å². The van der Waals surface area contributed by atoms with Crippen LogP contribution in [0.3, 0.4) is 0 Å². The second-order valence-corrected chi connectivity index (χ2v) is 10.1. The number of hydrogen-bond donors (Lipinski definition) is 1. The molecule has 1 aliphatic rings. The second-order valence-electron chi connectivity index (χ2n) is 8.48. The van der Waals surface area contributed by atoms with E-state index in [0.717, 1.165) is 41.7 Å². The lowest BCUT2D eigenvalue weighted by atomic mass is 10.1. The van der Waals surface area contributed by atoms with Gasteiger partial charge in [0.25, 0.3) is 0 Å². The average Bonchev–Trinajstić information content (AvgIpc) is 3.28. The molecule has 1 N–H and O–H groups in total. The summed E-state index contributed by atoms with van der Waals surface area (Å²) in [5.74, 6) is 0.651. The smallest absolute Gasteiger partial charge is 0.243 e. The normalized spacial score (nSPS) is 14.8. The van der Waals surface area contributed by atoms with Crippen LogP contribution in [0.25, 0.3) is 0 Å². The van der Waals surface area contributed by atoms with Crippen LogP contribution in [0.2, 0.25) is 5.02 Å². The van der Waals surface area contributed by atoms with Crippen LogP contribution >= 0.6 is 23.4 Å². The van der Waals surface area contributed by atoms with Gasteiger partial charge in [-0.3, -0.25) is 9.59 Å². The third-order valence-electron chi connectivity index (χ3n) is 5.92. The van der Waals surface area contributed by atoms with Crippen LogP contribution in [0.1, 0.15) is 56.6 Å². The number of hydrogen-bond acceptors (Lipinski definition) is 3. The molecule has 1 saturated carbocycles. The third kappa shape index (κ3) is 7.28. The minimum atomic E-state index is -0.454. The number of carbonyl (C=O) groups is 2. The summed E-state index contributed by atoms with van der Waals surface area (Å²) in [4.78, 5) is 29.3. The van der Waals surface area contributed by atoms with Gasteiger partial charge >= 0.3 is 0 Å². The second kappa shape index (κ2) is 12.3. The first-order valence-electron chi connectivity index (χ1n) is 11.5. The Labute approximate surface area is 201 Å². The first-order chi connectivity index (χ1) is 15.5. The lowest BCUT2D eigenvalue weighted by molar-refractivity contribution is -0.141. The zero-order chi connectivity index (χ0) is 22.9. The van der Waals surface area contributed by atoms with E-state index in [-0.39, 0.29) is 17.9 Å². The van der Waals surface area contributed by atoms with Gasteiger partial charge in [0.1, 0.15) is 6.04 Å². The highest BCUT2D eigenvalue weighted by atomic mass is 35.5. The molecule has 1 fully saturated rings. The molecule has 1 atom stereocenters. The number of nitrogens with one attached hydrogen (secondary N) is 1. The Hall–Kier alpha value is -1.98. The van der Waals surface area contributed by atoms with E-state index < -0.39 is 6.04 Å². The molecule has 0 saturated heterocycles. The fourth-order valence-corrected chi connectivity index (χ4v) is 5.19. The summed E-state index contributed by atoms with van der Waals surface area (Å²) in [5, 5.41) is 3.90. The average molecular weight is 473 g/mol. The highest BCUT2D eigenvalue weighted by molar-refractivity contribution is 7.99. The van der Waals surface area contributed by atoms with Gasteiger partial charge in [0, 0.05) is 34.7 Å². The molecular weight excluding hydrogens is 440 g/mol. The van der Waals surface area contributed by atoms with E-state index in [1.165, 1.54) is 0 Å². The Morgan fingerprint density at radius 1 is 1.16 bits per heavy atom. The van der Waals surface area contributed by atoms with Crippen LogP contribution in [0.15, 0.2) is 53.4 Å². The van der Waals surface area contributed by atoms with Gasteiger partial charge in [-0.25, -0.2) is 0 Å². The number of thioether (sulfide) groups is 1. The van der Waals surface area contributed by atoms with Crippen LogP contribution in [0.5, 0.6) is 0 Å². The maximum atomic E-state index is 13.3. The molecule has 2 aromatic carbocycles. The maximum absolute atomic E-state index is 13.3. The van der Waals surface area contributed by atoms with Crippen molar-refractivity contribution in [2.75, 3.05) is 5.75 Å². The molecule has 1 aliphatic carbocycles. The Morgan fingerprint density at radius 3 is 2.53 bits per heavy atom. The Morgan fingerprint density at radius 2 is 1.88 bits per heavy atom. The van der Waals surface area contributed by atoms with Crippen LogP contribution in [-0.4, -0.2) is 34.6 Å². The highest BCUT2D eigenvalue weighted by Gasteiger charge is 2.30. The summed E-state index contributed by atoms with van der Waals surface area (Å²) < 4.78 is 0. The first kappa shape index (κ1) is 24.7. The van der Waals surface area contributed by atoms with Crippen LogP contribution in [0, 0.1) is 6.92 Å². The largest absolute Gasteiger partial charge is 0.352 e. The van der Waals surface area contributed by atoms with E-state index >= 15 is 0 Å². The Kier molecular flexibility index (Phi) is 9.49. The Bertz CT molecular complexity index is 897. The number of benzene rings is 2. The summed E-state index contributed by atoms with van der Waals surface area (Å²) in [6.45, 7) is 4.48. The molecule has 0 aromatic heterocycles. The molecule has 0 unspecified atom stereocenters. The molecule has 0 heterocycles. The van der Waals surface area contributed by atoms with Crippen molar-refractivity contribution in [3.63, 3.8) is 0 Å². The molecule has 172 valence electrons. The van der Waals surface area contributed by atoms with Gasteiger partial charge in [0.15, 0.2) is 0 Å². The fraction of sp³-hybridized carbons (Fsp3) is 0.462. The van der Waals surface area contributed by atoms with Gasteiger partial charge in [-0.1, -0.05) is 61.2 Å². The van der Waals surface area contributed by atoms with Gasteiger partial charge in [0.2, 0.25) is 11.8 Å². The summed E-state index contributed by atoms with van der Waals surface area (Å²) in [6.07, 6.45) is 5.37. The number of halogens is 1. The van der Waals surface area contributed by atoms with E-state index in [1.807, 2.05) is 56.3 Å². The van der Waals surface area contributed by atoms with E-state index in [9.17, 15) is 9.59 Å². The summed E-state index contributed by atoms with van der Waals surface area (Å²) >= 11 is 7.59. The number of aryl methyl sites for hydroxylation is 1. The molecule has 3 rings (SSSR count).